The highest BCUT2D eigenvalue weighted by molar-refractivity contribution is 7.33. The van der Waals surface area contributed by atoms with Gasteiger partial charge in [0.05, 0.1) is 0 Å². The predicted molar refractivity (Wildman–Crippen MR) is 81.1 cm³/mol. The van der Waals surface area contributed by atoms with Gasteiger partial charge >= 0.3 is 8.25 Å². The Bertz CT molecular complexity index is 247. The van der Waals surface area contributed by atoms with Gasteiger partial charge in [-0.25, -0.2) is 0 Å². The van der Waals surface area contributed by atoms with E-state index in [1.807, 2.05) is 13.8 Å². The van der Waals surface area contributed by atoms with Gasteiger partial charge in [0.25, 0.3) is 0 Å². The maximum Gasteiger partial charge on any atom is 0.697 e. The van der Waals surface area contributed by atoms with Crippen LogP contribution in [0.15, 0.2) is 0 Å². The first kappa shape index (κ1) is 19.9. The summed E-state index contributed by atoms with van der Waals surface area (Å²) in [6.45, 7) is 5.30. The minimum atomic E-state index is -2.16. The minimum absolute atomic E-state index is 0.0795. The van der Waals surface area contributed by atoms with Crippen LogP contribution < -0.4 is 22.9 Å². The molecule has 0 amide bonds. The topological polar surface area (TPSA) is 140 Å². The molecule has 8 N–H and O–H groups in total. The Kier molecular flexibility index (Phi) is 11.4. The molecule has 0 spiro atoms. The quantitative estimate of drug-likeness (QED) is 0.380. The SMILES string of the molecule is CCC(CO[P+](=O)OCC(CC)C(N)CN)C(N)CN. The van der Waals surface area contributed by atoms with Crippen molar-refractivity contribution in [2.45, 2.75) is 38.8 Å². The van der Waals surface area contributed by atoms with Gasteiger partial charge < -0.3 is 22.9 Å². The van der Waals surface area contributed by atoms with Crippen LogP contribution in [0.25, 0.3) is 0 Å². The van der Waals surface area contributed by atoms with Crippen molar-refractivity contribution < 1.29 is 13.6 Å². The van der Waals surface area contributed by atoms with E-state index in [4.69, 9.17) is 32.0 Å². The molecule has 8 heteroatoms. The molecule has 0 heterocycles. The van der Waals surface area contributed by atoms with Crippen molar-refractivity contribution in [2.75, 3.05) is 26.3 Å². The first-order chi connectivity index (χ1) is 9.49. The van der Waals surface area contributed by atoms with E-state index < -0.39 is 8.25 Å². The minimum Gasteiger partial charge on any atom is -0.329 e. The van der Waals surface area contributed by atoms with E-state index in [2.05, 4.69) is 0 Å². The van der Waals surface area contributed by atoms with Gasteiger partial charge in [-0.15, -0.1) is 9.05 Å². The largest absolute Gasteiger partial charge is 0.697 e. The maximum atomic E-state index is 11.7. The number of nitrogens with two attached hydrogens (primary N) is 4. The Morgan fingerprint density at radius 2 is 1.25 bits per heavy atom. The molecule has 0 fully saturated rings. The zero-order valence-corrected chi connectivity index (χ0v) is 13.4. The van der Waals surface area contributed by atoms with Crippen LogP contribution in [0.4, 0.5) is 0 Å². The summed E-state index contributed by atoms with van der Waals surface area (Å²) in [5.41, 5.74) is 22.7. The van der Waals surface area contributed by atoms with Gasteiger partial charge in [-0.1, -0.05) is 13.8 Å². The van der Waals surface area contributed by atoms with Crippen molar-refractivity contribution in [3.63, 3.8) is 0 Å². The van der Waals surface area contributed by atoms with E-state index in [1.165, 1.54) is 0 Å². The molecule has 0 aliphatic heterocycles. The summed E-state index contributed by atoms with van der Waals surface area (Å²) in [4.78, 5) is 0. The fourth-order valence-corrected chi connectivity index (χ4v) is 2.52. The van der Waals surface area contributed by atoms with E-state index in [-0.39, 0.29) is 37.1 Å². The Labute approximate surface area is 122 Å². The highest BCUT2D eigenvalue weighted by atomic mass is 31.1. The number of hydrogen-bond acceptors (Lipinski definition) is 7. The van der Waals surface area contributed by atoms with E-state index >= 15 is 0 Å². The van der Waals surface area contributed by atoms with Crippen molar-refractivity contribution >= 4 is 8.25 Å². The Balaban J connectivity index is 4.04. The Morgan fingerprint density at radius 3 is 1.50 bits per heavy atom. The lowest BCUT2D eigenvalue weighted by Gasteiger charge is -2.19. The molecule has 0 aliphatic carbocycles. The molecule has 20 heavy (non-hydrogen) atoms. The van der Waals surface area contributed by atoms with Gasteiger partial charge in [-0.05, 0) is 12.8 Å². The lowest BCUT2D eigenvalue weighted by Crippen LogP contribution is -2.39. The van der Waals surface area contributed by atoms with Crippen LogP contribution >= 0.6 is 8.25 Å². The standard InChI is InChI=1S/C12H30N4O3P/c1-3-9(11(15)5-13)7-18-20(17)19-8-10(4-2)12(16)6-14/h9-12H,3-8,13-16H2,1-2H3/q+1. The molecule has 4 atom stereocenters. The zero-order valence-electron chi connectivity index (χ0n) is 12.5. The third kappa shape index (κ3) is 7.59. The third-order valence-electron chi connectivity index (χ3n) is 3.59. The van der Waals surface area contributed by atoms with Gasteiger partial charge in [0.2, 0.25) is 0 Å². The molecule has 7 nitrogen and oxygen atoms in total. The molecule has 120 valence electrons. The summed E-state index contributed by atoms with van der Waals surface area (Å²) in [5.74, 6) is 0.159. The van der Waals surface area contributed by atoms with Crippen molar-refractivity contribution in [1.29, 1.82) is 0 Å². The van der Waals surface area contributed by atoms with Gasteiger partial charge in [-0.2, -0.15) is 0 Å². The highest BCUT2D eigenvalue weighted by Gasteiger charge is 2.27. The smallest absolute Gasteiger partial charge is 0.329 e. The summed E-state index contributed by atoms with van der Waals surface area (Å²) in [6, 6.07) is -0.310. The normalized spacial score (nSPS) is 18.4. The fourth-order valence-electron chi connectivity index (χ4n) is 1.82. The lowest BCUT2D eigenvalue weighted by molar-refractivity contribution is 0.160. The summed E-state index contributed by atoms with van der Waals surface area (Å²) in [5, 5.41) is 0. The summed E-state index contributed by atoms with van der Waals surface area (Å²) >= 11 is 0. The van der Waals surface area contributed by atoms with Crippen LogP contribution in [0.2, 0.25) is 0 Å². The molecule has 4 unspecified atom stereocenters. The lowest BCUT2D eigenvalue weighted by atomic mass is 9.99. The Hall–Kier alpha value is -0.140. The first-order valence-corrected chi connectivity index (χ1v) is 8.23. The second-order valence-corrected chi connectivity index (χ2v) is 5.91. The number of hydrogen-bond donors (Lipinski definition) is 4. The summed E-state index contributed by atoms with van der Waals surface area (Å²) in [7, 11) is -2.16. The maximum absolute atomic E-state index is 11.7. The molecular weight excluding hydrogens is 279 g/mol. The molecule has 0 aromatic rings. The average Bonchev–Trinajstić information content (AvgIpc) is 2.47. The predicted octanol–water partition coefficient (Wildman–Crippen LogP) is 0.301. The van der Waals surface area contributed by atoms with Crippen LogP contribution in [0.3, 0.4) is 0 Å². The molecule has 0 saturated carbocycles. The van der Waals surface area contributed by atoms with Crippen molar-refractivity contribution in [3.8, 4) is 0 Å². The molecule has 0 aliphatic rings. The molecule has 0 saturated heterocycles. The molecule has 0 radical (unpaired) electrons. The summed E-state index contributed by atoms with van der Waals surface area (Å²) < 4.78 is 22.1. The van der Waals surface area contributed by atoms with Crippen LogP contribution in [-0.4, -0.2) is 38.4 Å². The fraction of sp³-hybridized carbons (Fsp3) is 1.00. The summed E-state index contributed by atoms with van der Waals surface area (Å²) in [6.07, 6.45) is 1.63. The third-order valence-corrected chi connectivity index (χ3v) is 4.31. The van der Waals surface area contributed by atoms with Gasteiger partial charge in [-0.3, -0.25) is 0 Å². The van der Waals surface area contributed by atoms with Gasteiger partial charge in [0.15, 0.2) is 0 Å². The Morgan fingerprint density at radius 1 is 0.900 bits per heavy atom. The van der Waals surface area contributed by atoms with E-state index in [1.54, 1.807) is 0 Å². The zero-order chi connectivity index (χ0) is 15.5. The highest BCUT2D eigenvalue weighted by Crippen LogP contribution is 2.27. The van der Waals surface area contributed by atoms with E-state index in [0.29, 0.717) is 13.1 Å². The van der Waals surface area contributed by atoms with Crippen LogP contribution in [0, 0.1) is 11.8 Å². The van der Waals surface area contributed by atoms with Crippen molar-refractivity contribution in [2.24, 2.45) is 34.8 Å². The average molecular weight is 309 g/mol. The molecule has 0 aromatic heterocycles. The molecule has 0 aromatic carbocycles. The monoisotopic (exact) mass is 309 g/mol. The molecule has 0 rings (SSSR count). The first-order valence-electron chi connectivity index (χ1n) is 7.14. The van der Waals surface area contributed by atoms with Gasteiger partial charge in [0, 0.05) is 41.6 Å². The number of rotatable bonds is 12. The van der Waals surface area contributed by atoms with Crippen LogP contribution in [0.1, 0.15) is 26.7 Å². The van der Waals surface area contributed by atoms with Crippen LogP contribution in [-0.2, 0) is 13.6 Å². The van der Waals surface area contributed by atoms with Crippen molar-refractivity contribution in [3.05, 3.63) is 0 Å². The second-order valence-electron chi connectivity index (χ2n) is 4.95. The second kappa shape index (κ2) is 11.5. The molecular formula is C12H30N4O3P+. The van der Waals surface area contributed by atoms with Crippen LogP contribution in [0.5, 0.6) is 0 Å². The van der Waals surface area contributed by atoms with E-state index in [0.717, 1.165) is 12.8 Å². The van der Waals surface area contributed by atoms with E-state index in [9.17, 15) is 4.57 Å². The van der Waals surface area contributed by atoms with Gasteiger partial charge in [0.1, 0.15) is 13.2 Å². The molecule has 0 bridgehead atoms. The van der Waals surface area contributed by atoms with Crippen molar-refractivity contribution in [1.82, 2.24) is 0 Å².